The van der Waals surface area contributed by atoms with Gasteiger partial charge in [-0.25, -0.2) is 0 Å². The van der Waals surface area contributed by atoms with Crippen molar-refractivity contribution in [2.45, 2.75) is 32.6 Å². The van der Waals surface area contributed by atoms with Crippen molar-refractivity contribution in [2.24, 2.45) is 5.41 Å². The van der Waals surface area contributed by atoms with Crippen molar-refractivity contribution in [1.29, 1.82) is 0 Å². The number of aryl methyl sites for hydroxylation is 1. The second-order valence-electron chi connectivity index (χ2n) is 4.91. The minimum atomic E-state index is -0.303. The molecule has 1 aromatic rings. The number of benzene rings is 1. The van der Waals surface area contributed by atoms with Gasteiger partial charge in [-0.1, -0.05) is 19.9 Å². The van der Waals surface area contributed by atoms with Gasteiger partial charge in [0, 0.05) is 5.41 Å². The van der Waals surface area contributed by atoms with Gasteiger partial charge in [0.1, 0.15) is 12.0 Å². The molecule has 1 unspecified atom stereocenters. The van der Waals surface area contributed by atoms with Gasteiger partial charge in [-0.3, -0.25) is 0 Å². The van der Waals surface area contributed by atoms with E-state index in [0.717, 1.165) is 19.1 Å². The van der Waals surface area contributed by atoms with Gasteiger partial charge in [0.2, 0.25) is 0 Å². The Morgan fingerprint density at radius 1 is 1.47 bits per heavy atom. The van der Waals surface area contributed by atoms with Gasteiger partial charge in [0.05, 0.1) is 0 Å². The average Bonchev–Trinajstić information content (AvgIpc) is 2.61. The van der Waals surface area contributed by atoms with Crippen molar-refractivity contribution < 1.29 is 9.90 Å². The molecular weight excluding hydrogens is 188 g/mol. The number of aromatic hydroxyl groups is 1. The zero-order chi connectivity index (χ0) is 11.1. The van der Waals surface area contributed by atoms with Gasteiger partial charge in [-0.15, -0.1) is 0 Å². The summed E-state index contributed by atoms with van der Waals surface area (Å²) in [6.45, 7) is 3.96. The van der Waals surface area contributed by atoms with Crippen LogP contribution in [0.1, 0.15) is 37.3 Å². The largest absolute Gasteiger partial charge is 0.508 e. The molecule has 0 aliphatic heterocycles. The highest BCUT2D eigenvalue weighted by Crippen LogP contribution is 2.44. The van der Waals surface area contributed by atoms with Crippen molar-refractivity contribution in [3.05, 3.63) is 29.3 Å². The second-order valence-corrected chi connectivity index (χ2v) is 4.91. The third kappa shape index (κ3) is 1.65. The molecule has 80 valence electrons. The van der Waals surface area contributed by atoms with Gasteiger partial charge in [0.25, 0.3) is 0 Å². The maximum absolute atomic E-state index is 11.0. The first-order chi connectivity index (χ1) is 7.04. The number of aldehydes is 1. The van der Waals surface area contributed by atoms with Crippen LogP contribution in [0, 0.1) is 5.41 Å². The number of phenolic OH excluding ortho intramolecular Hbond substituents is 1. The van der Waals surface area contributed by atoms with E-state index in [1.54, 1.807) is 6.07 Å². The normalized spacial score (nSPS) is 20.0. The molecule has 0 radical (unpaired) electrons. The number of fused-ring (bicyclic) bond motifs is 1. The lowest BCUT2D eigenvalue weighted by atomic mass is 9.77. The van der Waals surface area contributed by atoms with Crippen LogP contribution < -0.4 is 0 Å². The molecule has 0 saturated carbocycles. The van der Waals surface area contributed by atoms with Crippen molar-refractivity contribution >= 4 is 6.29 Å². The van der Waals surface area contributed by atoms with E-state index < -0.39 is 0 Å². The Kier molecular flexibility index (Phi) is 2.29. The molecule has 1 atom stereocenters. The van der Waals surface area contributed by atoms with Crippen LogP contribution in [0.5, 0.6) is 5.75 Å². The highest BCUT2D eigenvalue weighted by molar-refractivity contribution is 5.61. The fourth-order valence-corrected chi connectivity index (χ4v) is 2.46. The van der Waals surface area contributed by atoms with Crippen LogP contribution in [-0.4, -0.2) is 11.4 Å². The standard InChI is InChI=1S/C13H16O2/c1-13(2,8-14)12-6-3-9-7-10(15)4-5-11(9)12/h4-5,7-8,12,15H,3,6H2,1-2H3. The van der Waals surface area contributed by atoms with E-state index in [0.29, 0.717) is 11.7 Å². The molecule has 1 aromatic carbocycles. The minimum Gasteiger partial charge on any atom is -0.508 e. The molecule has 0 fully saturated rings. The number of rotatable bonds is 2. The summed E-state index contributed by atoms with van der Waals surface area (Å²) in [7, 11) is 0. The molecule has 0 bridgehead atoms. The lowest BCUT2D eigenvalue weighted by molar-refractivity contribution is -0.115. The Bertz CT molecular complexity index is 394. The van der Waals surface area contributed by atoms with Crippen molar-refractivity contribution in [3.8, 4) is 5.75 Å². The number of hydrogen-bond donors (Lipinski definition) is 1. The molecule has 15 heavy (non-hydrogen) atoms. The van der Waals surface area contributed by atoms with Crippen LogP contribution >= 0.6 is 0 Å². The fourth-order valence-electron chi connectivity index (χ4n) is 2.46. The molecule has 0 spiro atoms. The molecule has 1 aliphatic rings. The highest BCUT2D eigenvalue weighted by atomic mass is 16.3. The number of carbonyl (C=O) groups excluding carboxylic acids is 1. The van der Waals surface area contributed by atoms with Gasteiger partial charge in [-0.05, 0) is 42.0 Å². The van der Waals surface area contributed by atoms with E-state index in [4.69, 9.17) is 0 Å². The third-order valence-corrected chi connectivity index (χ3v) is 3.41. The van der Waals surface area contributed by atoms with Crippen LogP contribution in [-0.2, 0) is 11.2 Å². The molecular formula is C13H16O2. The Hall–Kier alpha value is -1.31. The molecule has 1 N–H and O–H groups in total. The van der Waals surface area contributed by atoms with Crippen molar-refractivity contribution in [1.82, 2.24) is 0 Å². The van der Waals surface area contributed by atoms with Gasteiger partial charge < -0.3 is 9.90 Å². The van der Waals surface area contributed by atoms with Crippen LogP contribution in [0.4, 0.5) is 0 Å². The maximum atomic E-state index is 11.0. The van der Waals surface area contributed by atoms with E-state index in [1.807, 2.05) is 26.0 Å². The number of hydrogen-bond acceptors (Lipinski definition) is 2. The molecule has 0 saturated heterocycles. The first-order valence-corrected chi connectivity index (χ1v) is 5.33. The lowest BCUT2D eigenvalue weighted by Crippen LogP contribution is -2.21. The Balaban J connectivity index is 2.41. The highest BCUT2D eigenvalue weighted by Gasteiger charge is 2.35. The maximum Gasteiger partial charge on any atom is 0.126 e. The van der Waals surface area contributed by atoms with E-state index in [1.165, 1.54) is 11.1 Å². The molecule has 0 aromatic heterocycles. The Morgan fingerprint density at radius 3 is 2.87 bits per heavy atom. The SMILES string of the molecule is CC(C)(C=O)C1CCc2cc(O)ccc21. The molecule has 0 heterocycles. The zero-order valence-corrected chi connectivity index (χ0v) is 9.16. The fraction of sp³-hybridized carbons (Fsp3) is 0.462. The summed E-state index contributed by atoms with van der Waals surface area (Å²) < 4.78 is 0. The first-order valence-electron chi connectivity index (χ1n) is 5.33. The summed E-state index contributed by atoms with van der Waals surface area (Å²) in [5.41, 5.74) is 2.11. The number of phenols is 1. The second kappa shape index (κ2) is 3.37. The predicted molar refractivity (Wildman–Crippen MR) is 59.0 cm³/mol. The molecule has 1 aliphatic carbocycles. The van der Waals surface area contributed by atoms with Crippen LogP contribution in [0.3, 0.4) is 0 Å². The van der Waals surface area contributed by atoms with Crippen LogP contribution in [0.15, 0.2) is 18.2 Å². The van der Waals surface area contributed by atoms with Crippen molar-refractivity contribution in [2.75, 3.05) is 0 Å². The van der Waals surface area contributed by atoms with E-state index in [-0.39, 0.29) is 5.41 Å². The summed E-state index contributed by atoms with van der Waals surface area (Å²) in [5, 5.41) is 9.37. The smallest absolute Gasteiger partial charge is 0.126 e. The summed E-state index contributed by atoms with van der Waals surface area (Å²) in [4.78, 5) is 11.0. The lowest BCUT2D eigenvalue weighted by Gasteiger charge is -2.26. The molecule has 0 amide bonds. The minimum absolute atomic E-state index is 0.297. The van der Waals surface area contributed by atoms with Crippen LogP contribution in [0.25, 0.3) is 0 Å². The summed E-state index contributed by atoms with van der Waals surface area (Å²) in [5.74, 6) is 0.615. The number of carbonyl (C=O) groups is 1. The van der Waals surface area contributed by atoms with Crippen molar-refractivity contribution in [3.63, 3.8) is 0 Å². The van der Waals surface area contributed by atoms with Crippen LogP contribution in [0.2, 0.25) is 0 Å². The molecule has 2 nitrogen and oxygen atoms in total. The summed E-state index contributed by atoms with van der Waals surface area (Å²) in [6, 6.07) is 5.47. The van der Waals surface area contributed by atoms with E-state index in [2.05, 4.69) is 0 Å². The monoisotopic (exact) mass is 204 g/mol. The van der Waals surface area contributed by atoms with E-state index >= 15 is 0 Å². The summed E-state index contributed by atoms with van der Waals surface area (Å²) >= 11 is 0. The Labute approximate surface area is 89.9 Å². The average molecular weight is 204 g/mol. The van der Waals surface area contributed by atoms with Gasteiger partial charge in [-0.2, -0.15) is 0 Å². The van der Waals surface area contributed by atoms with Gasteiger partial charge >= 0.3 is 0 Å². The predicted octanol–water partition coefficient (Wildman–Crippen LogP) is 2.65. The third-order valence-electron chi connectivity index (χ3n) is 3.41. The van der Waals surface area contributed by atoms with Gasteiger partial charge in [0.15, 0.2) is 0 Å². The zero-order valence-electron chi connectivity index (χ0n) is 9.16. The summed E-state index contributed by atoms with van der Waals surface area (Å²) in [6.07, 6.45) is 3.01. The van der Waals surface area contributed by atoms with E-state index in [9.17, 15) is 9.90 Å². The Morgan fingerprint density at radius 2 is 2.20 bits per heavy atom. The quantitative estimate of drug-likeness (QED) is 0.752. The topological polar surface area (TPSA) is 37.3 Å². The first kappa shape index (κ1) is 10.2. The molecule has 2 rings (SSSR count). The molecule has 2 heteroatoms.